The minimum Gasteiger partial charge on any atom is -0.497 e. The van der Waals surface area contributed by atoms with Crippen molar-refractivity contribution in [1.82, 2.24) is 25.2 Å². The first-order chi connectivity index (χ1) is 14.1. The maximum absolute atomic E-state index is 12.8. The molecule has 7 nitrogen and oxygen atoms in total. The van der Waals surface area contributed by atoms with E-state index in [1.54, 1.807) is 23.1 Å². The van der Waals surface area contributed by atoms with E-state index in [0.29, 0.717) is 17.9 Å². The topological polar surface area (TPSA) is 72.3 Å². The SMILES string of the molecule is CCN(CC)C(CNC(=O)c1nnn(-c2cccc(OC)c2)c1C)c1ccsc1. The third-order valence-corrected chi connectivity index (χ3v) is 5.75. The van der Waals surface area contributed by atoms with Gasteiger partial charge in [-0.15, -0.1) is 5.10 Å². The Balaban J connectivity index is 1.76. The Labute approximate surface area is 175 Å². The highest BCUT2D eigenvalue weighted by atomic mass is 32.1. The molecule has 1 N–H and O–H groups in total. The van der Waals surface area contributed by atoms with Crippen LogP contribution in [0.2, 0.25) is 0 Å². The van der Waals surface area contributed by atoms with Crippen molar-refractivity contribution >= 4 is 17.2 Å². The minimum atomic E-state index is -0.218. The number of rotatable bonds is 9. The second kappa shape index (κ2) is 9.67. The molecule has 0 fully saturated rings. The number of amides is 1. The monoisotopic (exact) mass is 413 g/mol. The highest BCUT2D eigenvalue weighted by molar-refractivity contribution is 7.07. The van der Waals surface area contributed by atoms with Crippen molar-refractivity contribution in [3.63, 3.8) is 0 Å². The number of likely N-dealkylation sites (N-methyl/N-ethyl adjacent to an activating group) is 1. The fourth-order valence-electron chi connectivity index (χ4n) is 3.39. The van der Waals surface area contributed by atoms with E-state index in [4.69, 9.17) is 4.74 Å². The lowest BCUT2D eigenvalue weighted by atomic mass is 10.1. The number of benzene rings is 1. The fourth-order valence-corrected chi connectivity index (χ4v) is 4.09. The van der Waals surface area contributed by atoms with Gasteiger partial charge in [-0.3, -0.25) is 9.69 Å². The van der Waals surface area contributed by atoms with Crippen molar-refractivity contribution in [1.29, 1.82) is 0 Å². The number of methoxy groups -OCH3 is 1. The van der Waals surface area contributed by atoms with Crippen molar-refractivity contribution in [3.05, 3.63) is 58.0 Å². The number of nitrogens with one attached hydrogen (secondary N) is 1. The zero-order chi connectivity index (χ0) is 20.8. The Kier molecular flexibility index (Phi) is 7.00. The van der Waals surface area contributed by atoms with Gasteiger partial charge in [0.05, 0.1) is 24.5 Å². The van der Waals surface area contributed by atoms with Crippen molar-refractivity contribution < 1.29 is 9.53 Å². The van der Waals surface area contributed by atoms with E-state index in [1.807, 2.05) is 31.2 Å². The number of thiophene rings is 1. The van der Waals surface area contributed by atoms with Gasteiger partial charge in [0, 0.05) is 12.6 Å². The molecule has 3 rings (SSSR count). The summed E-state index contributed by atoms with van der Waals surface area (Å²) in [5.41, 5.74) is 3.03. The molecule has 3 aromatic rings. The molecule has 2 heterocycles. The molecule has 0 saturated heterocycles. The molecule has 0 aliphatic heterocycles. The second-order valence-corrected chi connectivity index (χ2v) is 7.42. The molecule has 154 valence electrons. The Morgan fingerprint density at radius 1 is 1.31 bits per heavy atom. The summed E-state index contributed by atoms with van der Waals surface area (Å²) in [6.45, 7) is 8.46. The number of aromatic nitrogens is 3. The van der Waals surface area contributed by atoms with Crippen molar-refractivity contribution in [2.75, 3.05) is 26.7 Å². The quantitative estimate of drug-likeness (QED) is 0.582. The Morgan fingerprint density at radius 2 is 2.10 bits per heavy atom. The summed E-state index contributed by atoms with van der Waals surface area (Å²) in [7, 11) is 1.62. The lowest BCUT2D eigenvalue weighted by Gasteiger charge is -2.29. The molecule has 1 amide bonds. The lowest BCUT2D eigenvalue weighted by molar-refractivity contribution is 0.0929. The van der Waals surface area contributed by atoms with E-state index in [2.05, 4.69) is 51.2 Å². The van der Waals surface area contributed by atoms with Crippen LogP contribution < -0.4 is 10.1 Å². The molecule has 0 radical (unpaired) electrons. The van der Waals surface area contributed by atoms with E-state index < -0.39 is 0 Å². The van der Waals surface area contributed by atoms with Crippen LogP contribution in [0.15, 0.2) is 41.1 Å². The van der Waals surface area contributed by atoms with Gasteiger partial charge in [-0.1, -0.05) is 25.1 Å². The Hall–Kier alpha value is -2.71. The summed E-state index contributed by atoms with van der Waals surface area (Å²) in [5.74, 6) is 0.505. The van der Waals surface area contributed by atoms with Gasteiger partial charge in [-0.2, -0.15) is 11.3 Å². The molecule has 0 spiro atoms. The van der Waals surface area contributed by atoms with Gasteiger partial charge in [-0.05, 0) is 54.5 Å². The summed E-state index contributed by atoms with van der Waals surface area (Å²) in [4.78, 5) is 15.2. The average molecular weight is 414 g/mol. The average Bonchev–Trinajstić information content (AvgIpc) is 3.41. The van der Waals surface area contributed by atoms with Gasteiger partial charge in [0.1, 0.15) is 5.75 Å². The smallest absolute Gasteiger partial charge is 0.273 e. The number of carbonyl (C=O) groups excluding carboxylic acids is 1. The number of hydrogen-bond donors (Lipinski definition) is 1. The summed E-state index contributed by atoms with van der Waals surface area (Å²) >= 11 is 1.67. The van der Waals surface area contributed by atoms with Gasteiger partial charge < -0.3 is 10.1 Å². The standard InChI is InChI=1S/C21H27N5O2S/c1-5-25(6-2)19(16-10-11-29-14-16)13-22-21(27)20-15(3)26(24-23-20)17-8-7-9-18(12-17)28-4/h7-12,14,19H,5-6,13H2,1-4H3,(H,22,27). The molecule has 1 aromatic carbocycles. The van der Waals surface area contributed by atoms with Crippen LogP contribution in [0, 0.1) is 6.92 Å². The first-order valence-electron chi connectivity index (χ1n) is 9.70. The zero-order valence-electron chi connectivity index (χ0n) is 17.3. The second-order valence-electron chi connectivity index (χ2n) is 6.64. The van der Waals surface area contributed by atoms with Crippen LogP contribution >= 0.6 is 11.3 Å². The molecule has 1 unspecified atom stereocenters. The first kappa shape index (κ1) is 21.0. The van der Waals surface area contributed by atoms with Gasteiger partial charge >= 0.3 is 0 Å². The van der Waals surface area contributed by atoms with E-state index in [9.17, 15) is 4.79 Å². The van der Waals surface area contributed by atoms with Crippen LogP contribution in [0.3, 0.4) is 0 Å². The summed E-state index contributed by atoms with van der Waals surface area (Å²) < 4.78 is 6.92. The van der Waals surface area contributed by atoms with Crippen LogP contribution in [0.25, 0.3) is 5.69 Å². The van der Waals surface area contributed by atoms with Gasteiger partial charge in [-0.25, -0.2) is 4.68 Å². The number of carbonyl (C=O) groups is 1. The van der Waals surface area contributed by atoms with E-state index in [0.717, 1.165) is 24.5 Å². The zero-order valence-corrected chi connectivity index (χ0v) is 18.1. The fraction of sp³-hybridized carbons (Fsp3) is 0.381. The van der Waals surface area contributed by atoms with E-state index in [1.165, 1.54) is 5.56 Å². The highest BCUT2D eigenvalue weighted by Crippen LogP contribution is 2.23. The van der Waals surface area contributed by atoms with Crippen LogP contribution in [0.4, 0.5) is 0 Å². The summed E-state index contributed by atoms with van der Waals surface area (Å²) in [6, 6.07) is 9.75. The summed E-state index contributed by atoms with van der Waals surface area (Å²) in [5, 5.41) is 15.5. The molecule has 1 atom stereocenters. The predicted molar refractivity (Wildman–Crippen MR) is 115 cm³/mol. The first-order valence-corrected chi connectivity index (χ1v) is 10.6. The van der Waals surface area contributed by atoms with Crippen LogP contribution in [0.1, 0.15) is 41.6 Å². The minimum absolute atomic E-state index is 0.133. The maximum atomic E-state index is 12.8. The van der Waals surface area contributed by atoms with Gasteiger partial charge in [0.15, 0.2) is 5.69 Å². The van der Waals surface area contributed by atoms with E-state index >= 15 is 0 Å². The van der Waals surface area contributed by atoms with Gasteiger partial charge in [0.2, 0.25) is 0 Å². The predicted octanol–water partition coefficient (Wildman–Crippen LogP) is 3.46. The Bertz CT molecular complexity index is 934. The normalized spacial score (nSPS) is 12.2. The molecule has 0 bridgehead atoms. The van der Waals surface area contributed by atoms with Crippen molar-refractivity contribution in [2.24, 2.45) is 0 Å². The van der Waals surface area contributed by atoms with Crippen molar-refractivity contribution in [3.8, 4) is 11.4 Å². The maximum Gasteiger partial charge on any atom is 0.273 e. The third-order valence-electron chi connectivity index (χ3n) is 5.04. The molecule has 2 aromatic heterocycles. The lowest BCUT2D eigenvalue weighted by Crippen LogP contribution is -2.38. The Morgan fingerprint density at radius 3 is 2.76 bits per heavy atom. The number of nitrogens with zero attached hydrogens (tertiary/aromatic N) is 4. The van der Waals surface area contributed by atoms with Crippen LogP contribution in [-0.2, 0) is 0 Å². The number of ether oxygens (including phenoxy) is 1. The van der Waals surface area contributed by atoms with E-state index in [-0.39, 0.29) is 11.9 Å². The van der Waals surface area contributed by atoms with Crippen molar-refractivity contribution in [2.45, 2.75) is 26.8 Å². The molecule has 8 heteroatoms. The largest absolute Gasteiger partial charge is 0.497 e. The third kappa shape index (κ3) is 4.65. The number of hydrogen-bond acceptors (Lipinski definition) is 6. The molecule has 0 saturated carbocycles. The molecule has 0 aliphatic rings. The van der Waals surface area contributed by atoms with Crippen LogP contribution in [-0.4, -0.2) is 52.5 Å². The molecular formula is C21H27N5O2S. The van der Waals surface area contributed by atoms with Crippen LogP contribution in [0.5, 0.6) is 5.75 Å². The summed E-state index contributed by atoms with van der Waals surface area (Å²) in [6.07, 6.45) is 0. The molecular weight excluding hydrogens is 386 g/mol. The van der Waals surface area contributed by atoms with Gasteiger partial charge in [0.25, 0.3) is 5.91 Å². The highest BCUT2D eigenvalue weighted by Gasteiger charge is 2.22. The molecule has 29 heavy (non-hydrogen) atoms. The molecule has 0 aliphatic carbocycles.